The van der Waals surface area contributed by atoms with Crippen LogP contribution in [0.1, 0.15) is 63.5 Å². The van der Waals surface area contributed by atoms with Gasteiger partial charge in [0, 0.05) is 12.6 Å². The van der Waals surface area contributed by atoms with Crippen LogP contribution >= 0.6 is 0 Å². The van der Waals surface area contributed by atoms with Gasteiger partial charge >= 0.3 is 0 Å². The second-order valence-corrected chi connectivity index (χ2v) is 5.20. The van der Waals surface area contributed by atoms with Crippen molar-refractivity contribution in [2.75, 3.05) is 13.2 Å². The van der Waals surface area contributed by atoms with Crippen LogP contribution in [0.2, 0.25) is 0 Å². The molecule has 0 heterocycles. The molecule has 1 unspecified atom stereocenters. The van der Waals surface area contributed by atoms with Crippen LogP contribution in [0.3, 0.4) is 0 Å². The van der Waals surface area contributed by atoms with E-state index in [1.165, 1.54) is 44.1 Å². The number of aliphatic hydroxyl groups excluding tert-OH is 1. The van der Waals surface area contributed by atoms with E-state index in [0.29, 0.717) is 12.6 Å². The van der Waals surface area contributed by atoms with Gasteiger partial charge in [0.1, 0.15) is 0 Å². The van der Waals surface area contributed by atoms with Gasteiger partial charge in [0.2, 0.25) is 0 Å². The molecular weight excluding hydrogens is 234 g/mol. The molecular formula is C17H29NO. The van der Waals surface area contributed by atoms with Crippen molar-refractivity contribution >= 4 is 0 Å². The number of benzene rings is 1. The van der Waals surface area contributed by atoms with Gasteiger partial charge in [-0.25, -0.2) is 0 Å². The Morgan fingerprint density at radius 3 is 2.37 bits per heavy atom. The standard InChI is InChI=1S/C17H29NO/c1-2-3-4-5-6-10-13-17(18-14-15-19)16-11-8-7-9-12-16/h7-9,11-12,17-19H,2-6,10,13-15H2,1H3. The van der Waals surface area contributed by atoms with Crippen LogP contribution in [-0.2, 0) is 0 Å². The molecule has 1 atom stereocenters. The Balaban J connectivity index is 2.30. The second kappa shape index (κ2) is 11.0. The maximum Gasteiger partial charge on any atom is 0.0556 e. The van der Waals surface area contributed by atoms with E-state index in [4.69, 9.17) is 5.11 Å². The molecule has 0 aliphatic carbocycles. The molecule has 2 heteroatoms. The number of unbranched alkanes of at least 4 members (excludes halogenated alkanes) is 5. The van der Waals surface area contributed by atoms with Gasteiger partial charge in [-0.3, -0.25) is 0 Å². The predicted molar refractivity (Wildman–Crippen MR) is 82.3 cm³/mol. The molecule has 0 aliphatic rings. The number of hydrogen-bond donors (Lipinski definition) is 2. The Labute approximate surface area is 118 Å². The Kier molecular flexibility index (Phi) is 9.38. The van der Waals surface area contributed by atoms with E-state index in [-0.39, 0.29) is 6.61 Å². The van der Waals surface area contributed by atoms with Gasteiger partial charge < -0.3 is 10.4 Å². The Hall–Kier alpha value is -0.860. The summed E-state index contributed by atoms with van der Waals surface area (Å²) in [6.07, 6.45) is 9.16. The van der Waals surface area contributed by atoms with Gasteiger partial charge in [0.25, 0.3) is 0 Å². The third kappa shape index (κ3) is 7.34. The highest BCUT2D eigenvalue weighted by molar-refractivity contribution is 5.18. The normalized spacial score (nSPS) is 12.5. The van der Waals surface area contributed by atoms with E-state index in [2.05, 4.69) is 42.6 Å². The number of hydrogen-bond acceptors (Lipinski definition) is 2. The molecule has 0 amide bonds. The first-order chi connectivity index (χ1) is 9.38. The lowest BCUT2D eigenvalue weighted by atomic mass is 9.99. The first-order valence-electron chi connectivity index (χ1n) is 7.77. The summed E-state index contributed by atoms with van der Waals surface area (Å²) in [5, 5.41) is 12.4. The summed E-state index contributed by atoms with van der Waals surface area (Å²) in [6, 6.07) is 11.0. The summed E-state index contributed by atoms with van der Waals surface area (Å²) < 4.78 is 0. The Morgan fingerprint density at radius 2 is 1.68 bits per heavy atom. The van der Waals surface area contributed by atoms with Gasteiger partial charge in [-0.2, -0.15) is 0 Å². The van der Waals surface area contributed by atoms with Crippen LogP contribution in [0.15, 0.2) is 30.3 Å². The highest BCUT2D eigenvalue weighted by Gasteiger charge is 2.09. The zero-order valence-electron chi connectivity index (χ0n) is 12.3. The molecule has 0 saturated carbocycles. The lowest BCUT2D eigenvalue weighted by molar-refractivity contribution is 0.281. The maximum absolute atomic E-state index is 8.97. The van der Waals surface area contributed by atoms with E-state index < -0.39 is 0 Å². The SMILES string of the molecule is CCCCCCCCC(NCCO)c1ccccc1. The summed E-state index contributed by atoms with van der Waals surface area (Å²) in [5.41, 5.74) is 1.34. The maximum atomic E-state index is 8.97. The molecule has 1 aromatic rings. The molecule has 0 aliphatic heterocycles. The van der Waals surface area contributed by atoms with Crippen LogP contribution in [0.4, 0.5) is 0 Å². The van der Waals surface area contributed by atoms with Crippen molar-refractivity contribution in [2.45, 2.75) is 57.9 Å². The van der Waals surface area contributed by atoms with Crippen molar-refractivity contribution in [1.82, 2.24) is 5.32 Å². The van der Waals surface area contributed by atoms with Crippen LogP contribution in [-0.4, -0.2) is 18.3 Å². The monoisotopic (exact) mass is 263 g/mol. The van der Waals surface area contributed by atoms with Gasteiger partial charge in [-0.15, -0.1) is 0 Å². The van der Waals surface area contributed by atoms with E-state index in [1.54, 1.807) is 0 Å². The zero-order chi connectivity index (χ0) is 13.8. The molecule has 108 valence electrons. The average Bonchev–Trinajstić information content (AvgIpc) is 2.46. The van der Waals surface area contributed by atoms with Crippen molar-refractivity contribution in [1.29, 1.82) is 0 Å². The largest absolute Gasteiger partial charge is 0.395 e. The topological polar surface area (TPSA) is 32.3 Å². The summed E-state index contributed by atoms with van der Waals surface area (Å²) in [4.78, 5) is 0. The third-order valence-corrected chi connectivity index (χ3v) is 3.55. The van der Waals surface area contributed by atoms with E-state index in [1.807, 2.05) is 0 Å². The molecule has 0 bridgehead atoms. The van der Waals surface area contributed by atoms with E-state index in [0.717, 1.165) is 6.42 Å². The van der Waals surface area contributed by atoms with Gasteiger partial charge in [0.05, 0.1) is 6.61 Å². The summed E-state index contributed by atoms with van der Waals surface area (Å²) in [6.45, 7) is 3.14. The fourth-order valence-electron chi connectivity index (χ4n) is 2.44. The predicted octanol–water partition coefficient (Wildman–Crippen LogP) is 4.06. The van der Waals surface area contributed by atoms with Crippen LogP contribution < -0.4 is 5.32 Å². The first kappa shape index (κ1) is 16.2. The number of rotatable bonds is 11. The van der Waals surface area contributed by atoms with Crippen molar-refractivity contribution < 1.29 is 5.11 Å². The van der Waals surface area contributed by atoms with Crippen LogP contribution in [0.5, 0.6) is 0 Å². The molecule has 0 spiro atoms. The molecule has 2 nitrogen and oxygen atoms in total. The summed E-state index contributed by atoms with van der Waals surface area (Å²) in [5.74, 6) is 0. The van der Waals surface area contributed by atoms with Gasteiger partial charge in [0.15, 0.2) is 0 Å². The number of nitrogens with one attached hydrogen (secondary N) is 1. The fourth-order valence-corrected chi connectivity index (χ4v) is 2.44. The molecule has 0 radical (unpaired) electrons. The lowest BCUT2D eigenvalue weighted by Gasteiger charge is -2.18. The van der Waals surface area contributed by atoms with Crippen LogP contribution in [0.25, 0.3) is 0 Å². The Bertz CT molecular complexity index is 299. The molecule has 0 aromatic heterocycles. The molecule has 19 heavy (non-hydrogen) atoms. The van der Waals surface area contributed by atoms with E-state index in [9.17, 15) is 0 Å². The molecule has 1 aromatic carbocycles. The van der Waals surface area contributed by atoms with Crippen molar-refractivity contribution in [3.63, 3.8) is 0 Å². The highest BCUT2D eigenvalue weighted by atomic mass is 16.3. The van der Waals surface area contributed by atoms with Crippen LogP contribution in [0, 0.1) is 0 Å². The van der Waals surface area contributed by atoms with Crippen molar-refractivity contribution in [3.8, 4) is 0 Å². The molecule has 2 N–H and O–H groups in total. The molecule has 0 saturated heterocycles. The van der Waals surface area contributed by atoms with Gasteiger partial charge in [-0.1, -0.05) is 75.8 Å². The van der Waals surface area contributed by atoms with Crippen molar-refractivity contribution in [3.05, 3.63) is 35.9 Å². The fraction of sp³-hybridized carbons (Fsp3) is 0.647. The Morgan fingerprint density at radius 1 is 1.00 bits per heavy atom. The summed E-state index contributed by atoms with van der Waals surface area (Å²) >= 11 is 0. The van der Waals surface area contributed by atoms with E-state index >= 15 is 0 Å². The highest BCUT2D eigenvalue weighted by Crippen LogP contribution is 2.20. The second-order valence-electron chi connectivity index (χ2n) is 5.20. The lowest BCUT2D eigenvalue weighted by Crippen LogP contribution is -2.24. The first-order valence-corrected chi connectivity index (χ1v) is 7.77. The third-order valence-electron chi connectivity index (χ3n) is 3.55. The smallest absolute Gasteiger partial charge is 0.0556 e. The summed E-state index contributed by atoms with van der Waals surface area (Å²) in [7, 11) is 0. The number of aliphatic hydroxyl groups is 1. The quantitative estimate of drug-likeness (QED) is 0.590. The molecule has 0 fully saturated rings. The minimum Gasteiger partial charge on any atom is -0.395 e. The minimum atomic E-state index is 0.208. The van der Waals surface area contributed by atoms with Gasteiger partial charge in [-0.05, 0) is 12.0 Å². The molecule has 1 rings (SSSR count). The minimum absolute atomic E-state index is 0.208. The average molecular weight is 263 g/mol. The zero-order valence-corrected chi connectivity index (χ0v) is 12.3. The van der Waals surface area contributed by atoms with Crippen molar-refractivity contribution in [2.24, 2.45) is 0 Å².